The zero-order valence-corrected chi connectivity index (χ0v) is 15.3. The van der Waals surface area contributed by atoms with Gasteiger partial charge in [0.1, 0.15) is 0 Å². The lowest BCUT2D eigenvalue weighted by molar-refractivity contribution is -0.118. The van der Waals surface area contributed by atoms with E-state index in [1.165, 1.54) is 0 Å². The number of piperidine rings is 1. The topological polar surface area (TPSA) is 54.3 Å². The number of hydrogen-bond acceptors (Lipinski definition) is 3. The van der Waals surface area contributed by atoms with Crippen LogP contribution in [0.5, 0.6) is 0 Å². The molecule has 2 heterocycles. The Morgan fingerprint density at radius 3 is 2.76 bits per heavy atom. The van der Waals surface area contributed by atoms with E-state index in [2.05, 4.69) is 35.6 Å². The Kier molecular flexibility index (Phi) is 5.23. The van der Waals surface area contributed by atoms with E-state index in [9.17, 15) is 9.59 Å². The number of likely N-dealkylation sites (N-methyl/N-ethyl adjacent to an activating group) is 1. The molecule has 5 nitrogen and oxygen atoms in total. The van der Waals surface area contributed by atoms with E-state index in [-0.39, 0.29) is 12.1 Å². The predicted octanol–water partition coefficient (Wildman–Crippen LogP) is 3.01. The summed E-state index contributed by atoms with van der Waals surface area (Å²) in [4.78, 5) is 27.6. The fraction of sp³-hybridized carbons (Fsp3) is 0.500. The van der Waals surface area contributed by atoms with Crippen LogP contribution in [0.2, 0.25) is 0 Å². The van der Waals surface area contributed by atoms with Gasteiger partial charge in [-0.05, 0) is 45.8 Å². The smallest absolute Gasteiger partial charge is 0.292 e. The molecule has 1 amide bonds. The van der Waals surface area contributed by atoms with Gasteiger partial charge in [0, 0.05) is 35.7 Å². The Morgan fingerprint density at radius 2 is 2.04 bits per heavy atom. The molecule has 1 fully saturated rings. The van der Waals surface area contributed by atoms with Gasteiger partial charge in [-0.15, -0.1) is 0 Å². The summed E-state index contributed by atoms with van der Waals surface area (Å²) >= 11 is 0. The molecule has 2 aromatic rings. The lowest BCUT2D eigenvalue weighted by Crippen LogP contribution is -2.49. The van der Waals surface area contributed by atoms with Crippen molar-refractivity contribution in [1.82, 2.24) is 14.8 Å². The SMILES string of the molecule is CCN1CCCC(NC(=O)C(=O)c2cn(C(C)C)c3ccccc23)C1. The molecular weight excluding hydrogens is 314 g/mol. The molecule has 3 rings (SSSR count). The number of aromatic nitrogens is 1. The molecule has 1 aromatic carbocycles. The molecule has 134 valence electrons. The van der Waals surface area contributed by atoms with E-state index in [1.54, 1.807) is 0 Å². The Morgan fingerprint density at radius 1 is 1.28 bits per heavy atom. The van der Waals surface area contributed by atoms with Crippen LogP contribution in [0, 0.1) is 0 Å². The average Bonchev–Trinajstić information content (AvgIpc) is 3.01. The molecule has 0 saturated carbocycles. The van der Waals surface area contributed by atoms with E-state index < -0.39 is 11.7 Å². The number of hydrogen-bond donors (Lipinski definition) is 1. The largest absolute Gasteiger partial charge is 0.345 e. The van der Waals surface area contributed by atoms with Crippen LogP contribution in [0.3, 0.4) is 0 Å². The number of likely N-dealkylation sites (tertiary alicyclic amines) is 1. The quantitative estimate of drug-likeness (QED) is 0.672. The maximum Gasteiger partial charge on any atom is 0.292 e. The average molecular weight is 341 g/mol. The molecule has 0 spiro atoms. The molecule has 0 aliphatic carbocycles. The van der Waals surface area contributed by atoms with Crippen molar-refractivity contribution in [2.45, 2.75) is 45.7 Å². The van der Waals surface area contributed by atoms with Crippen LogP contribution in [0.15, 0.2) is 30.5 Å². The van der Waals surface area contributed by atoms with Gasteiger partial charge in [0.25, 0.3) is 11.7 Å². The van der Waals surface area contributed by atoms with Crippen LogP contribution in [0.25, 0.3) is 10.9 Å². The van der Waals surface area contributed by atoms with Crippen LogP contribution >= 0.6 is 0 Å². The number of rotatable bonds is 5. The number of fused-ring (bicyclic) bond motifs is 1. The van der Waals surface area contributed by atoms with Crippen molar-refractivity contribution in [3.05, 3.63) is 36.0 Å². The van der Waals surface area contributed by atoms with Gasteiger partial charge in [0.05, 0.1) is 5.56 Å². The molecule has 0 bridgehead atoms. The summed E-state index contributed by atoms with van der Waals surface area (Å²) in [7, 11) is 0. The van der Waals surface area contributed by atoms with Crippen molar-refractivity contribution in [3.8, 4) is 0 Å². The fourth-order valence-corrected chi connectivity index (χ4v) is 3.65. The molecule has 1 unspecified atom stereocenters. The van der Waals surface area contributed by atoms with Gasteiger partial charge < -0.3 is 14.8 Å². The van der Waals surface area contributed by atoms with Crippen molar-refractivity contribution in [3.63, 3.8) is 0 Å². The van der Waals surface area contributed by atoms with E-state index in [4.69, 9.17) is 0 Å². The number of para-hydroxylation sites is 1. The molecular formula is C20H27N3O2. The second-order valence-corrected chi connectivity index (χ2v) is 7.10. The van der Waals surface area contributed by atoms with Crippen molar-refractivity contribution < 1.29 is 9.59 Å². The molecule has 1 aliphatic heterocycles. The highest BCUT2D eigenvalue weighted by atomic mass is 16.2. The standard InChI is InChI=1S/C20H27N3O2/c1-4-22-11-7-8-15(12-22)21-20(25)19(24)17-13-23(14(2)3)18-10-6-5-9-16(17)18/h5-6,9-10,13-15H,4,7-8,11-12H2,1-3H3,(H,21,25). The number of ketones is 1. The summed E-state index contributed by atoms with van der Waals surface area (Å²) < 4.78 is 2.05. The van der Waals surface area contributed by atoms with Gasteiger partial charge in [-0.1, -0.05) is 25.1 Å². The number of nitrogens with one attached hydrogen (secondary N) is 1. The van der Waals surface area contributed by atoms with E-state index in [0.29, 0.717) is 5.56 Å². The van der Waals surface area contributed by atoms with Gasteiger partial charge in [-0.2, -0.15) is 0 Å². The normalized spacial score (nSPS) is 18.6. The first-order valence-electron chi connectivity index (χ1n) is 9.18. The van der Waals surface area contributed by atoms with E-state index in [1.807, 2.05) is 30.5 Å². The molecule has 1 atom stereocenters. The number of nitrogens with zero attached hydrogens (tertiary/aromatic N) is 2. The maximum atomic E-state index is 12.8. The van der Waals surface area contributed by atoms with Gasteiger partial charge >= 0.3 is 0 Å². The highest BCUT2D eigenvalue weighted by molar-refractivity contribution is 6.45. The predicted molar refractivity (Wildman–Crippen MR) is 99.9 cm³/mol. The molecule has 5 heteroatoms. The third-order valence-electron chi connectivity index (χ3n) is 5.04. The zero-order valence-electron chi connectivity index (χ0n) is 15.3. The minimum absolute atomic E-state index is 0.0589. The van der Waals surface area contributed by atoms with Gasteiger partial charge in [-0.25, -0.2) is 0 Å². The summed E-state index contributed by atoms with van der Waals surface area (Å²) in [6.07, 6.45) is 3.80. The highest BCUT2D eigenvalue weighted by Crippen LogP contribution is 2.25. The Hall–Kier alpha value is -2.14. The van der Waals surface area contributed by atoms with Gasteiger partial charge in [0.2, 0.25) is 0 Å². The first-order valence-corrected chi connectivity index (χ1v) is 9.18. The number of amides is 1. The Balaban J connectivity index is 1.81. The summed E-state index contributed by atoms with van der Waals surface area (Å²) in [5.41, 5.74) is 1.48. The molecule has 0 radical (unpaired) electrons. The first kappa shape index (κ1) is 17.7. The summed E-state index contributed by atoms with van der Waals surface area (Å²) in [6.45, 7) is 9.13. The number of Topliss-reactive ketones (excluding diaryl/α,β-unsaturated/α-hetero) is 1. The number of carbonyl (C=O) groups excluding carboxylic acids is 2. The molecule has 1 aromatic heterocycles. The monoisotopic (exact) mass is 341 g/mol. The zero-order chi connectivity index (χ0) is 18.0. The maximum absolute atomic E-state index is 12.8. The van der Waals surface area contributed by atoms with E-state index >= 15 is 0 Å². The third kappa shape index (κ3) is 3.61. The number of benzene rings is 1. The van der Waals surface area contributed by atoms with Crippen LogP contribution in [-0.4, -0.2) is 46.8 Å². The molecule has 1 N–H and O–H groups in total. The minimum Gasteiger partial charge on any atom is -0.345 e. The third-order valence-corrected chi connectivity index (χ3v) is 5.04. The van der Waals surface area contributed by atoms with Crippen molar-refractivity contribution in [2.75, 3.05) is 19.6 Å². The van der Waals surface area contributed by atoms with Crippen LogP contribution in [0.1, 0.15) is 50.0 Å². The van der Waals surface area contributed by atoms with E-state index in [0.717, 1.165) is 43.4 Å². The summed E-state index contributed by atoms with van der Waals surface area (Å²) in [6, 6.07) is 8.05. The molecule has 1 aliphatic rings. The number of carbonyl (C=O) groups is 2. The Bertz CT molecular complexity index is 778. The molecule has 25 heavy (non-hydrogen) atoms. The van der Waals surface area contributed by atoms with Crippen LogP contribution in [-0.2, 0) is 4.79 Å². The first-order chi connectivity index (χ1) is 12.0. The highest BCUT2D eigenvalue weighted by Gasteiger charge is 2.26. The van der Waals surface area contributed by atoms with Crippen LogP contribution in [0.4, 0.5) is 0 Å². The Labute approximate surface area is 149 Å². The molecule has 1 saturated heterocycles. The van der Waals surface area contributed by atoms with Crippen molar-refractivity contribution in [1.29, 1.82) is 0 Å². The lowest BCUT2D eigenvalue weighted by atomic mass is 10.0. The summed E-state index contributed by atoms with van der Waals surface area (Å²) in [5.74, 6) is -0.932. The van der Waals surface area contributed by atoms with Crippen molar-refractivity contribution in [2.24, 2.45) is 0 Å². The van der Waals surface area contributed by atoms with Crippen LogP contribution < -0.4 is 5.32 Å². The second-order valence-electron chi connectivity index (χ2n) is 7.10. The summed E-state index contributed by atoms with van der Waals surface area (Å²) in [5, 5.41) is 3.79. The minimum atomic E-state index is -0.491. The van der Waals surface area contributed by atoms with Gasteiger partial charge in [0.15, 0.2) is 0 Å². The lowest BCUT2D eigenvalue weighted by Gasteiger charge is -2.32. The fourth-order valence-electron chi connectivity index (χ4n) is 3.65. The van der Waals surface area contributed by atoms with Crippen molar-refractivity contribution >= 4 is 22.6 Å². The second kappa shape index (κ2) is 7.40. The van der Waals surface area contributed by atoms with Gasteiger partial charge in [-0.3, -0.25) is 9.59 Å².